The van der Waals surface area contributed by atoms with E-state index in [1.54, 1.807) is 0 Å². The highest BCUT2D eigenvalue weighted by atomic mass is 35.5. The zero-order valence-corrected chi connectivity index (χ0v) is 7.79. The van der Waals surface area contributed by atoms with Gasteiger partial charge in [0.05, 0.1) is 17.7 Å². The Kier molecular flexibility index (Phi) is 1.85. The minimum absolute atomic E-state index is 0. The number of benzene rings is 1. The molecule has 0 radical (unpaired) electrons. The Labute approximate surface area is 82.3 Å². The third kappa shape index (κ3) is 1.06. The highest BCUT2D eigenvalue weighted by Gasteiger charge is 2.07. The van der Waals surface area contributed by atoms with Crippen molar-refractivity contribution in [1.29, 1.82) is 0 Å². The second-order valence-electron chi connectivity index (χ2n) is 2.99. The second-order valence-corrected chi connectivity index (χ2v) is 2.99. The van der Waals surface area contributed by atoms with Gasteiger partial charge in [-0.15, -0.1) is 12.4 Å². The normalized spacial score (nSPS) is 12.9. The third-order valence-electron chi connectivity index (χ3n) is 2.28. The largest absolute Gasteiger partial charge is 0.340 e. The van der Waals surface area contributed by atoms with Crippen molar-refractivity contribution in [1.82, 2.24) is 4.57 Å². The number of halogens is 1. The van der Waals surface area contributed by atoms with Crippen LogP contribution in [0.1, 0.15) is 0 Å². The van der Waals surface area contributed by atoms with Crippen molar-refractivity contribution in [3.8, 4) is 0 Å². The number of hydrogen-bond donors (Lipinski definition) is 0. The predicted molar refractivity (Wildman–Crippen MR) is 57.3 cm³/mol. The van der Waals surface area contributed by atoms with E-state index in [2.05, 4.69) is 34.0 Å². The molecule has 0 saturated heterocycles. The van der Waals surface area contributed by atoms with Crippen molar-refractivity contribution < 1.29 is 0 Å². The second kappa shape index (κ2) is 2.89. The van der Waals surface area contributed by atoms with Crippen LogP contribution in [0, 0.1) is 0 Å². The van der Waals surface area contributed by atoms with Crippen molar-refractivity contribution in [3.05, 3.63) is 30.5 Å². The molecule has 0 bridgehead atoms. The van der Waals surface area contributed by atoms with Gasteiger partial charge in [0, 0.05) is 17.8 Å². The molecule has 2 aromatic rings. The molecular weight excluding hydrogens is 184 g/mol. The number of para-hydroxylation sites is 1. The van der Waals surface area contributed by atoms with Crippen molar-refractivity contribution in [2.75, 3.05) is 0 Å². The average Bonchev–Trinajstić information content (AvgIpc) is 2.52. The monoisotopic (exact) mass is 192 g/mol. The average molecular weight is 193 g/mol. The van der Waals surface area contributed by atoms with Gasteiger partial charge in [-0.25, -0.2) is 0 Å². The third-order valence-corrected chi connectivity index (χ3v) is 2.28. The first-order valence-electron chi connectivity index (χ1n) is 4.05. The molecular formula is C10H9ClN2. The standard InChI is InChI=1S/C10H8N2.ClH/c1-2-8-4-6-12-7-5-11-9(3-1)10(8)12;/h1-6H,7H2;1H. The number of nitrogens with zero attached hydrogens (tertiary/aromatic N) is 2. The summed E-state index contributed by atoms with van der Waals surface area (Å²) >= 11 is 0. The van der Waals surface area contributed by atoms with Crippen molar-refractivity contribution in [2.24, 2.45) is 4.99 Å². The Morgan fingerprint density at radius 1 is 1.23 bits per heavy atom. The van der Waals surface area contributed by atoms with Gasteiger partial charge in [0.25, 0.3) is 0 Å². The molecule has 66 valence electrons. The molecule has 1 aliphatic heterocycles. The van der Waals surface area contributed by atoms with Crippen LogP contribution in [0.2, 0.25) is 0 Å². The lowest BCUT2D eigenvalue weighted by Gasteiger charge is -2.08. The highest BCUT2D eigenvalue weighted by molar-refractivity contribution is 5.93. The van der Waals surface area contributed by atoms with E-state index in [1.807, 2.05) is 12.3 Å². The number of hydrogen-bond acceptors (Lipinski definition) is 1. The molecule has 0 spiro atoms. The molecule has 0 atom stereocenters. The van der Waals surface area contributed by atoms with Crippen LogP contribution in [0.15, 0.2) is 35.5 Å². The van der Waals surface area contributed by atoms with Gasteiger partial charge in [-0.2, -0.15) is 0 Å². The molecule has 0 saturated carbocycles. The molecule has 0 fully saturated rings. The van der Waals surface area contributed by atoms with Gasteiger partial charge in [0.1, 0.15) is 0 Å². The van der Waals surface area contributed by atoms with Crippen LogP contribution < -0.4 is 0 Å². The van der Waals surface area contributed by atoms with Crippen molar-refractivity contribution in [2.45, 2.75) is 6.54 Å². The lowest BCUT2D eigenvalue weighted by Crippen LogP contribution is -2.00. The topological polar surface area (TPSA) is 17.3 Å². The molecule has 0 aliphatic carbocycles. The molecule has 13 heavy (non-hydrogen) atoms. The summed E-state index contributed by atoms with van der Waals surface area (Å²) in [7, 11) is 0. The fourth-order valence-corrected chi connectivity index (χ4v) is 1.72. The molecule has 3 rings (SSSR count). The van der Waals surface area contributed by atoms with Crippen LogP contribution >= 0.6 is 12.4 Å². The predicted octanol–water partition coefficient (Wildman–Crippen LogP) is 2.78. The molecule has 0 unspecified atom stereocenters. The Morgan fingerprint density at radius 2 is 2.15 bits per heavy atom. The fraction of sp³-hybridized carbons (Fsp3) is 0.100. The van der Waals surface area contributed by atoms with E-state index in [1.165, 1.54) is 10.9 Å². The zero-order valence-electron chi connectivity index (χ0n) is 6.97. The van der Waals surface area contributed by atoms with Crippen LogP contribution in [0.5, 0.6) is 0 Å². The van der Waals surface area contributed by atoms with Gasteiger partial charge in [0.2, 0.25) is 0 Å². The quantitative estimate of drug-likeness (QED) is 0.611. The summed E-state index contributed by atoms with van der Waals surface area (Å²) in [6.45, 7) is 0.903. The molecule has 1 aromatic carbocycles. The minimum Gasteiger partial charge on any atom is -0.340 e. The summed E-state index contributed by atoms with van der Waals surface area (Å²) in [6.07, 6.45) is 4.06. The van der Waals surface area contributed by atoms with Gasteiger partial charge >= 0.3 is 0 Å². The molecule has 0 N–H and O–H groups in total. The number of aromatic nitrogens is 1. The summed E-state index contributed by atoms with van der Waals surface area (Å²) in [6, 6.07) is 8.35. The van der Waals surface area contributed by atoms with Crippen LogP contribution in [-0.4, -0.2) is 10.8 Å². The van der Waals surface area contributed by atoms with E-state index >= 15 is 0 Å². The number of aliphatic imine (C=N–C) groups is 1. The van der Waals surface area contributed by atoms with Gasteiger partial charge < -0.3 is 4.57 Å². The van der Waals surface area contributed by atoms with E-state index < -0.39 is 0 Å². The molecule has 1 aromatic heterocycles. The maximum absolute atomic E-state index is 4.34. The first-order chi connectivity index (χ1) is 5.95. The van der Waals surface area contributed by atoms with E-state index in [9.17, 15) is 0 Å². The minimum atomic E-state index is 0. The molecule has 3 heteroatoms. The maximum atomic E-state index is 4.34. The first-order valence-corrected chi connectivity index (χ1v) is 4.05. The van der Waals surface area contributed by atoms with Crippen molar-refractivity contribution in [3.63, 3.8) is 0 Å². The SMILES string of the molecule is C1=Nc2cccc3ccn(c23)C1.Cl. The Morgan fingerprint density at radius 3 is 3.08 bits per heavy atom. The van der Waals surface area contributed by atoms with Gasteiger partial charge in [-0.05, 0) is 12.1 Å². The van der Waals surface area contributed by atoms with E-state index in [4.69, 9.17) is 0 Å². The van der Waals surface area contributed by atoms with Gasteiger partial charge in [-0.1, -0.05) is 12.1 Å². The van der Waals surface area contributed by atoms with Crippen LogP contribution in [0.3, 0.4) is 0 Å². The first kappa shape index (κ1) is 8.32. The highest BCUT2D eigenvalue weighted by Crippen LogP contribution is 2.28. The molecule has 1 aliphatic rings. The summed E-state index contributed by atoms with van der Waals surface area (Å²) in [5, 5.41) is 1.28. The Hall–Kier alpha value is -1.28. The molecule has 0 amide bonds. The van der Waals surface area contributed by atoms with E-state index in [0.717, 1.165) is 12.2 Å². The van der Waals surface area contributed by atoms with Crippen LogP contribution in [0.4, 0.5) is 5.69 Å². The van der Waals surface area contributed by atoms with Gasteiger partial charge in [0.15, 0.2) is 0 Å². The summed E-state index contributed by atoms with van der Waals surface area (Å²) < 4.78 is 2.22. The Bertz CT molecular complexity index is 471. The van der Waals surface area contributed by atoms with Crippen LogP contribution in [-0.2, 0) is 6.54 Å². The van der Waals surface area contributed by atoms with Crippen LogP contribution in [0.25, 0.3) is 10.9 Å². The van der Waals surface area contributed by atoms with Gasteiger partial charge in [-0.3, -0.25) is 4.99 Å². The zero-order chi connectivity index (χ0) is 7.97. The van der Waals surface area contributed by atoms with E-state index in [0.29, 0.717) is 0 Å². The smallest absolute Gasteiger partial charge is 0.0869 e. The lowest BCUT2D eigenvalue weighted by atomic mass is 10.2. The van der Waals surface area contributed by atoms with E-state index in [-0.39, 0.29) is 12.4 Å². The molecule has 2 heterocycles. The summed E-state index contributed by atoms with van der Waals surface area (Å²) in [5.41, 5.74) is 2.35. The van der Waals surface area contributed by atoms with Crippen molar-refractivity contribution >= 4 is 35.2 Å². The number of rotatable bonds is 0. The molecule has 2 nitrogen and oxygen atoms in total. The lowest BCUT2D eigenvalue weighted by molar-refractivity contribution is 0.900. The Balaban J connectivity index is 0.000000653. The maximum Gasteiger partial charge on any atom is 0.0869 e. The fourth-order valence-electron chi connectivity index (χ4n) is 1.72. The summed E-state index contributed by atoms with van der Waals surface area (Å²) in [4.78, 5) is 4.34. The summed E-state index contributed by atoms with van der Waals surface area (Å²) in [5.74, 6) is 0.